The number of aromatic nitrogens is 2. The number of amides is 2. The molecule has 2 amide bonds. The minimum atomic E-state index is -0.0526. The van der Waals surface area contributed by atoms with Crippen molar-refractivity contribution in [1.82, 2.24) is 15.7 Å². The lowest BCUT2D eigenvalue weighted by atomic mass is 10.1. The predicted molar refractivity (Wildman–Crippen MR) is 205 cm³/mol. The molecule has 8 heteroatoms. The minimum Gasteiger partial charge on any atom is -0.497 e. The van der Waals surface area contributed by atoms with E-state index in [0.29, 0.717) is 44.7 Å². The summed E-state index contributed by atoms with van der Waals surface area (Å²) < 4.78 is 6.94. The number of ether oxygens (including phenoxy) is 1. The Morgan fingerprint density at radius 2 is 1.18 bits per heavy atom. The van der Waals surface area contributed by atoms with E-state index in [1.807, 2.05) is 36.4 Å². The van der Waals surface area contributed by atoms with Gasteiger partial charge in [-0.1, -0.05) is 107 Å². The van der Waals surface area contributed by atoms with Crippen molar-refractivity contribution in [3.8, 4) is 40.7 Å². The van der Waals surface area contributed by atoms with Crippen molar-refractivity contribution in [3.63, 3.8) is 0 Å². The van der Waals surface area contributed by atoms with Gasteiger partial charge in [-0.05, 0) is 67.9 Å². The van der Waals surface area contributed by atoms with E-state index in [4.69, 9.17) is 10.5 Å². The maximum absolute atomic E-state index is 12.3. The van der Waals surface area contributed by atoms with E-state index in [0.717, 1.165) is 55.5 Å². The molecule has 0 radical (unpaired) electrons. The first kappa shape index (κ1) is 42.1. The van der Waals surface area contributed by atoms with Crippen LogP contribution in [0.15, 0.2) is 36.4 Å². The maximum atomic E-state index is 12.3. The van der Waals surface area contributed by atoms with Gasteiger partial charge >= 0.3 is 0 Å². The van der Waals surface area contributed by atoms with Crippen LogP contribution in [0.2, 0.25) is 0 Å². The number of anilines is 1. The van der Waals surface area contributed by atoms with Crippen molar-refractivity contribution in [3.05, 3.63) is 36.4 Å². The summed E-state index contributed by atoms with van der Waals surface area (Å²) in [6, 6.07) is 11.4. The average molecular weight is 687 g/mol. The van der Waals surface area contributed by atoms with E-state index in [2.05, 4.69) is 46.3 Å². The number of hydrogen-bond donors (Lipinski definition) is 3. The monoisotopic (exact) mass is 687 g/mol. The SMILES string of the molecule is CCCCCCCCCCCCC#CC#CCCCCCCCCC(=O)NCCNC(=O)CCC[n+]1nc(-c2ccc(OC)cc2)ccc1N. The molecular weight excluding hydrogens is 622 g/mol. The van der Waals surface area contributed by atoms with Crippen molar-refractivity contribution >= 4 is 17.6 Å². The quantitative estimate of drug-likeness (QED) is 0.0500. The largest absolute Gasteiger partial charge is 0.497 e. The zero-order valence-electron chi connectivity index (χ0n) is 31.1. The molecule has 0 fully saturated rings. The van der Waals surface area contributed by atoms with Crippen LogP contribution in [0.25, 0.3) is 11.3 Å². The molecule has 0 bridgehead atoms. The number of carbonyl (C=O) groups excluding carboxylic acids is 2. The van der Waals surface area contributed by atoms with Gasteiger partial charge in [0.1, 0.15) is 18.0 Å². The molecule has 1 heterocycles. The van der Waals surface area contributed by atoms with Gasteiger partial charge in [0.2, 0.25) is 11.8 Å². The molecule has 1 aromatic carbocycles. The van der Waals surface area contributed by atoms with E-state index in [1.54, 1.807) is 11.8 Å². The molecule has 274 valence electrons. The van der Waals surface area contributed by atoms with Gasteiger partial charge in [-0.2, -0.15) is 0 Å². The van der Waals surface area contributed by atoms with E-state index in [9.17, 15) is 9.59 Å². The van der Waals surface area contributed by atoms with Crippen LogP contribution >= 0.6 is 0 Å². The highest BCUT2D eigenvalue weighted by Gasteiger charge is 2.11. The number of unbranched alkanes of at least 4 members (excludes halogenated alkanes) is 16. The number of nitrogen functional groups attached to an aromatic ring is 1. The standard InChI is InChI=1S/C42H63N5O3/c1-3-4-5-6-7-8-9-10-11-12-13-14-15-16-17-18-19-20-21-22-23-24-26-41(48)44-34-35-45-42(49)27-25-36-47-40(43)33-32-39(46-47)37-28-30-38(50-2)31-29-37/h28-33,43H,3-13,18-27,34-36H2,1-2H3,(H2,44,45,48,49)/p+1. The van der Waals surface area contributed by atoms with Crippen molar-refractivity contribution in [2.24, 2.45) is 0 Å². The first-order valence-electron chi connectivity index (χ1n) is 19.3. The molecule has 2 aromatic rings. The van der Waals surface area contributed by atoms with Gasteiger partial charge in [-0.25, -0.2) is 0 Å². The first-order chi connectivity index (χ1) is 24.5. The Hall–Kier alpha value is -4.04. The van der Waals surface area contributed by atoms with Crippen molar-refractivity contribution in [1.29, 1.82) is 0 Å². The van der Waals surface area contributed by atoms with E-state index >= 15 is 0 Å². The van der Waals surface area contributed by atoms with Crippen LogP contribution in [-0.2, 0) is 16.1 Å². The Balaban J connectivity index is 1.38. The molecule has 0 saturated carbocycles. The van der Waals surface area contributed by atoms with E-state index in [-0.39, 0.29) is 11.8 Å². The fraction of sp³-hybridized carbons (Fsp3) is 0.619. The summed E-state index contributed by atoms with van der Waals surface area (Å²) in [5, 5.41) is 10.4. The Kier molecular flexibility index (Phi) is 24.2. The number of nitrogens with two attached hydrogens (primary N) is 1. The third-order valence-corrected chi connectivity index (χ3v) is 8.72. The van der Waals surface area contributed by atoms with Crippen molar-refractivity contribution in [2.45, 2.75) is 148 Å². The number of nitrogens with one attached hydrogen (secondary N) is 2. The van der Waals surface area contributed by atoms with Gasteiger partial charge in [0.25, 0.3) is 5.82 Å². The number of carbonyl (C=O) groups is 2. The molecule has 0 unspecified atom stereocenters. The van der Waals surface area contributed by atoms with Crippen LogP contribution in [0.3, 0.4) is 0 Å². The molecule has 2 rings (SSSR count). The highest BCUT2D eigenvalue weighted by molar-refractivity contribution is 5.77. The van der Waals surface area contributed by atoms with Crippen molar-refractivity contribution < 1.29 is 19.0 Å². The highest BCUT2D eigenvalue weighted by atomic mass is 16.5. The lowest BCUT2D eigenvalue weighted by Crippen LogP contribution is -2.42. The third-order valence-electron chi connectivity index (χ3n) is 8.72. The van der Waals surface area contributed by atoms with Crippen molar-refractivity contribution in [2.75, 3.05) is 25.9 Å². The molecule has 0 aliphatic rings. The third kappa shape index (κ3) is 21.1. The topological polar surface area (TPSA) is 110 Å². The predicted octanol–water partition coefficient (Wildman–Crippen LogP) is 8.08. The summed E-state index contributed by atoms with van der Waals surface area (Å²) >= 11 is 0. The summed E-state index contributed by atoms with van der Waals surface area (Å²) in [4.78, 5) is 24.4. The van der Waals surface area contributed by atoms with E-state index in [1.165, 1.54) is 77.0 Å². The number of nitrogens with zero attached hydrogens (tertiary/aromatic N) is 2. The summed E-state index contributed by atoms with van der Waals surface area (Å²) in [7, 11) is 1.64. The fourth-order valence-corrected chi connectivity index (χ4v) is 5.66. The van der Waals surface area contributed by atoms with Crippen LogP contribution in [0.5, 0.6) is 5.75 Å². The summed E-state index contributed by atoms with van der Waals surface area (Å²) in [5.41, 5.74) is 7.87. The second-order valence-corrected chi connectivity index (χ2v) is 13.1. The normalized spacial score (nSPS) is 10.4. The van der Waals surface area contributed by atoms with Crippen LogP contribution < -0.4 is 25.8 Å². The molecule has 0 aliphatic carbocycles. The summed E-state index contributed by atoms with van der Waals surface area (Å²) in [6.45, 7) is 3.65. The average Bonchev–Trinajstić information content (AvgIpc) is 3.13. The molecule has 1 aromatic heterocycles. The number of aryl methyl sites for hydroxylation is 1. The summed E-state index contributed by atoms with van der Waals surface area (Å²) in [6.07, 6.45) is 23.5. The Morgan fingerprint density at radius 1 is 0.680 bits per heavy atom. The zero-order chi connectivity index (χ0) is 35.9. The molecule has 0 atom stereocenters. The second kappa shape index (κ2) is 28.8. The zero-order valence-corrected chi connectivity index (χ0v) is 31.1. The lowest BCUT2D eigenvalue weighted by molar-refractivity contribution is -0.739. The van der Waals surface area contributed by atoms with E-state index < -0.39 is 0 Å². The highest BCUT2D eigenvalue weighted by Crippen LogP contribution is 2.20. The Labute approximate surface area is 303 Å². The molecule has 0 spiro atoms. The lowest BCUT2D eigenvalue weighted by Gasteiger charge is -2.08. The van der Waals surface area contributed by atoms with Crippen LogP contribution in [0.1, 0.15) is 142 Å². The molecular formula is C42H64N5O3+. The van der Waals surface area contributed by atoms with Gasteiger partial charge in [-0.3, -0.25) is 15.3 Å². The van der Waals surface area contributed by atoms with Gasteiger partial charge in [0.15, 0.2) is 0 Å². The van der Waals surface area contributed by atoms with Gasteiger partial charge in [-0.15, -0.1) is 4.68 Å². The molecule has 0 aliphatic heterocycles. The molecule has 4 N–H and O–H groups in total. The summed E-state index contributed by atoms with van der Waals surface area (Å²) in [5.74, 6) is 13.7. The number of hydrogen-bond acceptors (Lipinski definition) is 5. The molecule has 0 saturated heterocycles. The van der Waals surface area contributed by atoms with Crippen LogP contribution in [0, 0.1) is 23.7 Å². The minimum absolute atomic E-state index is 0.0403. The number of rotatable bonds is 27. The maximum Gasteiger partial charge on any atom is 0.293 e. The van der Waals surface area contributed by atoms with Crippen LogP contribution in [-0.4, -0.2) is 37.1 Å². The fourth-order valence-electron chi connectivity index (χ4n) is 5.66. The molecule has 50 heavy (non-hydrogen) atoms. The van der Waals surface area contributed by atoms with Gasteiger partial charge in [0, 0.05) is 50.4 Å². The Bertz CT molecular complexity index is 1340. The van der Waals surface area contributed by atoms with Crippen LogP contribution in [0.4, 0.5) is 5.82 Å². The smallest absolute Gasteiger partial charge is 0.293 e. The van der Waals surface area contributed by atoms with Gasteiger partial charge < -0.3 is 15.4 Å². The Morgan fingerprint density at radius 3 is 1.72 bits per heavy atom. The van der Waals surface area contributed by atoms with Gasteiger partial charge in [0.05, 0.1) is 7.11 Å². The molecule has 8 nitrogen and oxygen atoms in total. The second-order valence-electron chi connectivity index (χ2n) is 13.1. The number of benzene rings is 1. The number of methoxy groups -OCH3 is 1. The first-order valence-corrected chi connectivity index (χ1v) is 19.3.